The first kappa shape index (κ1) is 17.5. The third kappa shape index (κ3) is 3.01. The fourth-order valence-corrected chi connectivity index (χ4v) is 4.44. The normalized spacial score (nSPS) is 21.2. The van der Waals surface area contributed by atoms with E-state index in [0.29, 0.717) is 25.1 Å². The second-order valence-corrected chi connectivity index (χ2v) is 7.73. The third-order valence-electron chi connectivity index (χ3n) is 5.89. The van der Waals surface area contributed by atoms with Gasteiger partial charge in [-0.15, -0.1) is 0 Å². The summed E-state index contributed by atoms with van der Waals surface area (Å²) >= 11 is 0. The van der Waals surface area contributed by atoms with Crippen LogP contribution in [0.25, 0.3) is 5.57 Å². The number of carbonyl (C=O) groups is 1. The van der Waals surface area contributed by atoms with Crippen LogP contribution in [0.4, 0.5) is 0 Å². The van der Waals surface area contributed by atoms with Gasteiger partial charge in [-0.3, -0.25) is 4.79 Å². The molecular weight excluding hydrogens is 352 g/mol. The molecule has 3 aliphatic heterocycles. The molecule has 0 radical (unpaired) electrons. The van der Waals surface area contributed by atoms with Gasteiger partial charge in [-0.25, -0.2) is 0 Å². The first-order valence-corrected chi connectivity index (χ1v) is 10.0. The van der Waals surface area contributed by atoms with Crippen molar-refractivity contribution < 1.29 is 14.6 Å². The van der Waals surface area contributed by atoms with Crippen molar-refractivity contribution in [2.45, 2.75) is 25.4 Å². The summed E-state index contributed by atoms with van der Waals surface area (Å²) in [6, 6.07) is 13.9. The van der Waals surface area contributed by atoms with Gasteiger partial charge in [-0.1, -0.05) is 23.8 Å². The Labute approximate surface area is 164 Å². The molecule has 5 heteroatoms. The largest absolute Gasteiger partial charge is 0.456 e. The summed E-state index contributed by atoms with van der Waals surface area (Å²) in [5.74, 6) is 1.54. The van der Waals surface area contributed by atoms with E-state index in [-0.39, 0.29) is 5.91 Å². The maximum Gasteiger partial charge on any atom is 0.254 e. The summed E-state index contributed by atoms with van der Waals surface area (Å²) in [5, 5.41) is 13.2. The van der Waals surface area contributed by atoms with Crippen LogP contribution in [0.3, 0.4) is 0 Å². The smallest absolute Gasteiger partial charge is 0.254 e. The lowest BCUT2D eigenvalue weighted by Crippen LogP contribution is -2.29. The topological polar surface area (TPSA) is 61.8 Å². The van der Waals surface area contributed by atoms with E-state index in [4.69, 9.17) is 4.74 Å². The van der Waals surface area contributed by atoms with Crippen LogP contribution in [0.5, 0.6) is 11.5 Å². The number of likely N-dealkylation sites (tertiary alicyclic amines) is 1. The van der Waals surface area contributed by atoms with Gasteiger partial charge < -0.3 is 20.1 Å². The van der Waals surface area contributed by atoms with Crippen LogP contribution in [-0.4, -0.2) is 48.2 Å². The maximum atomic E-state index is 12.8. The van der Waals surface area contributed by atoms with Gasteiger partial charge >= 0.3 is 0 Å². The lowest BCUT2D eigenvalue weighted by molar-refractivity contribution is 0.0764. The molecule has 1 atom stereocenters. The lowest BCUT2D eigenvalue weighted by Gasteiger charge is -2.28. The van der Waals surface area contributed by atoms with Gasteiger partial charge in [0, 0.05) is 29.8 Å². The molecule has 0 unspecified atom stereocenters. The number of para-hydroxylation sites is 1. The van der Waals surface area contributed by atoms with Crippen LogP contribution in [0.15, 0.2) is 48.0 Å². The standard InChI is InChI=1S/C23H24N2O3/c26-17-9-12-25(14-17)23(27)16-5-6-19-21(13-16)28-20-4-2-1-3-18(20)22(19)15-7-10-24-11-8-15/h1-6,13,17,24,26H,7-12,14H2/t17-/m0/s1. The summed E-state index contributed by atoms with van der Waals surface area (Å²) in [4.78, 5) is 14.6. The minimum absolute atomic E-state index is 0.0436. The second kappa shape index (κ2) is 7.08. The quantitative estimate of drug-likeness (QED) is 0.685. The molecule has 5 nitrogen and oxygen atoms in total. The van der Waals surface area contributed by atoms with Crippen LogP contribution in [0.2, 0.25) is 0 Å². The number of rotatable bonds is 1. The van der Waals surface area contributed by atoms with Gasteiger partial charge in [0.15, 0.2) is 0 Å². The van der Waals surface area contributed by atoms with Crippen molar-refractivity contribution in [3.05, 3.63) is 64.7 Å². The predicted molar refractivity (Wildman–Crippen MR) is 108 cm³/mol. The predicted octanol–water partition coefficient (Wildman–Crippen LogP) is 3.18. The molecule has 0 aliphatic carbocycles. The average Bonchev–Trinajstić information content (AvgIpc) is 3.18. The molecule has 0 aromatic heterocycles. The number of benzene rings is 2. The Bertz CT molecular complexity index is 958. The Balaban J connectivity index is 1.57. The zero-order valence-electron chi connectivity index (χ0n) is 15.8. The highest BCUT2D eigenvalue weighted by Gasteiger charge is 2.29. The van der Waals surface area contributed by atoms with Crippen LogP contribution < -0.4 is 10.1 Å². The Morgan fingerprint density at radius 1 is 1.07 bits per heavy atom. The van der Waals surface area contributed by atoms with Gasteiger partial charge in [-0.05, 0) is 62.2 Å². The third-order valence-corrected chi connectivity index (χ3v) is 5.89. The molecule has 2 fully saturated rings. The number of β-amino-alcohol motifs (C(OH)–C–C–N with tert-alkyl or cyclic N) is 1. The molecule has 28 heavy (non-hydrogen) atoms. The van der Waals surface area contributed by atoms with Gasteiger partial charge in [0.25, 0.3) is 5.91 Å². The number of aliphatic hydroxyl groups is 1. The van der Waals surface area contributed by atoms with Crippen LogP contribution in [0, 0.1) is 0 Å². The Kier molecular flexibility index (Phi) is 4.41. The van der Waals surface area contributed by atoms with Crippen molar-refractivity contribution >= 4 is 11.5 Å². The van der Waals surface area contributed by atoms with E-state index in [1.807, 2.05) is 36.4 Å². The number of amides is 1. The van der Waals surface area contributed by atoms with E-state index in [1.54, 1.807) is 4.90 Å². The number of ether oxygens (including phenoxy) is 1. The first-order valence-electron chi connectivity index (χ1n) is 10.0. The van der Waals surface area contributed by atoms with Crippen molar-refractivity contribution in [2.24, 2.45) is 0 Å². The SMILES string of the molecule is O=C(c1ccc2c(c1)Oc1ccccc1C2=C1CCNCC1)N1CC[C@H](O)C1. The molecule has 2 aromatic carbocycles. The minimum atomic E-state index is -0.416. The van der Waals surface area contributed by atoms with Crippen molar-refractivity contribution in [2.75, 3.05) is 26.2 Å². The zero-order chi connectivity index (χ0) is 19.1. The average molecular weight is 376 g/mol. The van der Waals surface area contributed by atoms with E-state index < -0.39 is 6.10 Å². The molecule has 0 spiro atoms. The highest BCUT2D eigenvalue weighted by Crippen LogP contribution is 2.46. The first-order chi connectivity index (χ1) is 13.7. The summed E-state index contributed by atoms with van der Waals surface area (Å²) in [6.07, 6.45) is 2.27. The summed E-state index contributed by atoms with van der Waals surface area (Å²) in [7, 11) is 0. The molecule has 2 N–H and O–H groups in total. The molecule has 5 rings (SSSR count). The number of nitrogens with zero attached hydrogens (tertiary/aromatic N) is 1. The number of piperidine rings is 1. The number of fused-ring (bicyclic) bond motifs is 2. The summed E-state index contributed by atoms with van der Waals surface area (Å²) in [6.45, 7) is 2.99. The molecule has 3 aliphatic rings. The molecule has 0 bridgehead atoms. The highest BCUT2D eigenvalue weighted by atomic mass is 16.5. The van der Waals surface area contributed by atoms with Gasteiger partial charge in [0.1, 0.15) is 11.5 Å². The van der Waals surface area contributed by atoms with Gasteiger partial charge in [-0.2, -0.15) is 0 Å². The van der Waals surface area contributed by atoms with Crippen LogP contribution in [-0.2, 0) is 0 Å². The lowest BCUT2D eigenvalue weighted by atomic mass is 9.86. The van der Waals surface area contributed by atoms with Crippen molar-refractivity contribution in [1.29, 1.82) is 0 Å². The van der Waals surface area contributed by atoms with Crippen molar-refractivity contribution in [1.82, 2.24) is 10.2 Å². The van der Waals surface area contributed by atoms with E-state index >= 15 is 0 Å². The minimum Gasteiger partial charge on any atom is -0.456 e. The summed E-state index contributed by atoms with van der Waals surface area (Å²) < 4.78 is 6.20. The fourth-order valence-electron chi connectivity index (χ4n) is 4.44. The van der Waals surface area contributed by atoms with Crippen LogP contribution in [0.1, 0.15) is 40.7 Å². The molecule has 144 valence electrons. The van der Waals surface area contributed by atoms with Crippen LogP contribution >= 0.6 is 0 Å². The number of hydrogen-bond acceptors (Lipinski definition) is 4. The second-order valence-electron chi connectivity index (χ2n) is 7.73. The van der Waals surface area contributed by atoms with E-state index in [1.165, 1.54) is 11.1 Å². The molecule has 3 heterocycles. The maximum absolute atomic E-state index is 12.8. The van der Waals surface area contributed by atoms with Crippen molar-refractivity contribution in [3.8, 4) is 11.5 Å². The molecule has 0 saturated carbocycles. The Hall–Kier alpha value is -2.63. The number of carbonyl (C=O) groups excluding carboxylic acids is 1. The van der Waals surface area contributed by atoms with E-state index in [2.05, 4.69) is 11.4 Å². The molecular formula is C23H24N2O3. The molecule has 2 aromatic rings. The van der Waals surface area contributed by atoms with Crippen molar-refractivity contribution in [3.63, 3.8) is 0 Å². The van der Waals surface area contributed by atoms with Gasteiger partial charge in [0.2, 0.25) is 0 Å². The summed E-state index contributed by atoms with van der Waals surface area (Å²) in [5.41, 5.74) is 5.51. The van der Waals surface area contributed by atoms with E-state index in [0.717, 1.165) is 48.6 Å². The van der Waals surface area contributed by atoms with Gasteiger partial charge in [0.05, 0.1) is 6.10 Å². The molecule has 2 saturated heterocycles. The fraction of sp³-hybridized carbons (Fsp3) is 0.348. The monoisotopic (exact) mass is 376 g/mol. The zero-order valence-corrected chi connectivity index (χ0v) is 15.8. The number of nitrogens with one attached hydrogen (secondary N) is 1. The highest BCUT2D eigenvalue weighted by molar-refractivity contribution is 5.97. The van der Waals surface area contributed by atoms with E-state index in [9.17, 15) is 9.90 Å². The number of aliphatic hydroxyl groups excluding tert-OH is 1. The Morgan fingerprint density at radius 2 is 1.86 bits per heavy atom. The number of hydrogen-bond donors (Lipinski definition) is 2. The Morgan fingerprint density at radius 3 is 2.64 bits per heavy atom. The molecule has 1 amide bonds.